The van der Waals surface area contributed by atoms with Gasteiger partial charge < -0.3 is 0 Å². The molecule has 11 aromatic rings. The molecule has 5 nitrogen and oxygen atoms in total. The molecule has 3 heterocycles. The summed E-state index contributed by atoms with van der Waals surface area (Å²) in [6.07, 6.45) is 1.89. The van der Waals surface area contributed by atoms with E-state index in [1.165, 1.54) is 43.6 Å². The third-order valence-corrected chi connectivity index (χ3v) is 10.9. The molecule has 8 aromatic carbocycles. The molecule has 0 fully saturated rings. The zero-order chi connectivity index (χ0) is 37.7. The Bertz CT molecular complexity index is 3270. The molecule has 0 spiro atoms. The number of pyridine rings is 1. The number of rotatable bonds is 6. The van der Waals surface area contributed by atoms with Gasteiger partial charge in [-0.05, 0) is 74.1 Å². The molecule has 0 saturated carbocycles. The molecule has 0 atom stereocenters. The summed E-state index contributed by atoms with van der Waals surface area (Å²) < 4.78 is 2.31. The van der Waals surface area contributed by atoms with Gasteiger partial charge in [-0.15, -0.1) is 0 Å². The first kappa shape index (κ1) is 32.7. The Morgan fingerprint density at radius 1 is 0.333 bits per heavy atom. The highest BCUT2D eigenvalue weighted by Gasteiger charge is 2.20. The van der Waals surface area contributed by atoms with E-state index in [1.54, 1.807) is 0 Å². The fraction of sp³-hybridized carbons (Fsp3) is 0. The first-order chi connectivity index (χ1) is 28.2. The van der Waals surface area contributed by atoms with E-state index in [9.17, 15) is 0 Å². The van der Waals surface area contributed by atoms with Crippen LogP contribution in [0.25, 0.3) is 106 Å². The van der Waals surface area contributed by atoms with Crippen LogP contribution in [-0.4, -0.2) is 24.5 Å². The largest absolute Gasteiger partial charge is 0.294 e. The van der Waals surface area contributed by atoms with E-state index in [1.807, 2.05) is 36.5 Å². The summed E-state index contributed by atoms with van der Waals surface area (Å²) >= 11 is 0. The summed E-state index contributed by atoms with van der Waals surface area (Å²) in [5.74, 6) is 2.61. The minimum absolute atomic E-state index is 0.567. The fourth-order valence-electron chi connectivity index (χ4n) is 8.12. The molecule has 11 rings (SSSR count). The van der Waals surface area contributed by atoms with Crippen molar-refractivity contribution in [2.75, 3.05) is 0 Å². The van der Waals surface area contributed by atoms with Crippen LogP contribution < -0.4 is 0 Å². The van der Waals surface area contributed by atoms with Crippen LogP contribution in [0.1, 0.15) is 0 Å². The first-order valence-electron chi connectivity index (χ1n) is 19.1. The lowest BCUT2D eigenvalue weighted by Crippen LogP contribution is -2.02. The fourth-order valence-corrected chi connectivity index (χ4v) is 8.12. The van der Waals surface area contributed by atoms with Crippen molar-refractivity contribution in [1.29, 1.82) is 0 Å². The minimum Gasteiger partial charge on any atom is -0.294 e. The second-order valence-electron chi connectivity index (χ2n) is 14.3. The number of aromatic nitrogens is 5. The number of hydrogen-bond acceptors (Lipinski definition) is 4. The predicted octanol–water partition coefficient (Wildman–Crippen LogP) is 13.0. The Balaban J connectivity index is 1.12. The van der Waals surface area contributed by atoms with Gasteiger partial charge in [-0.3, -0.25) is 4.57 Å². The molecule has 0 aliphatic heterocycles. The van der Waals surface area contributed by atoms with Crippen LogP contribution in [-0.2, 0) is 0 Å². The molecule has 3 aromatic heterocycles. The first-order valence-corrected chi connectivity index (χ1v) is 19.1. The lowest BCUT2D eigenvalue weighted by molar-refractivity contribution is 1.05. The van der Waals surface area contributed by atoms with Gasteiger partial charge in [0.2, 0.25) is 0 Å². The van der Waals surface area contributed by atoms with Crippen LogP contribution >= 0.6 is 0 Å². The van der Waals surface area contributed by atoms with Crippen molar-refractivity contribution >= 4 is 43.4 Å². The van der Waals surface area contributed by atoms with E-state index in [4.69, 9.17) is 19.9 Å². The van der Waals surface area contributed by atoms with E-state index >= 15 is 0 Å². The molecular formula is C52H33N5. The molecule has 266 valence electrons. The molecule has 5 heteroatoms. The monoisotopic (exact) mass is 727 g/mol. The molecular weight excluding hydrogens is 695 g/mol. The third kappa shape index (κ3) is 5.72. The van der Waals surface area contributed by atoms with E-state index < -0.39 is 0 Å². The Kier molecular flexibility index (Phi) is 7.74. The third-order valence-electron chi connectivity index (χ3n) is 10.9. The molecule has 0 N–H and O–H groups in total. The van der Waals surface area contributed by atoms with Gasteiger partial charge in [-0.2, -0.15) is 0 Å². The molecule has 0 amide bonds. The molecule has 0 bridgehead atoms. The van der Waals surface area contributed by atoms with Crippen molar-refractivity contribution in [1.82, 2.24) is 24.5 Å². The quantitative estimate of drug-likeness (QED) is 0.171. The van der Waals surface area contributed by atoms with Gasteiger partial charge in [0, 0.05) is 33.7 Å². The average Bonchev–Trinajstić information content (AvgIpc) is 3.63. The second kappa shape index (κ2) is 13.5. The van der Waals surface area contributed by atoms with E-state index in [0.717, 1.165) is 44.5 Å². The Labute approximate surface area is 329 Å². The van der Waals surface area contributed by atoms with Gasteiger partial charge in [-0.25, -0.2) is 19.9 Å². The summed E-state index contributed by atoms with van der Waals surface area (Å²) in [4.78, 5) is 20.2. The number of fused-ring (bicyclic) bond motifs is 6. The van der Waals surface area contributed by atoms with Gasteiger partial charge in [0.05, 0.1) is 11.0 Å². The minimum atomic E-state index is 0.567. The van der Waals surface area contributed by atoms with Crippen molar-refractivity contribution in [2.45, 2.75) is 0 Å². The Morgan fingerprint density at radius 3 is 1.63 bits per heavy atom. The van der Waals surface area contributed by atoms with Crippen molar-refractivity contribution in [3.05, 3.63) is 200 Å². The Hall–Kier alpha value is -7.76. The predicted molar refractivity (Wildman–Crippen MR) is 234 cm³/mol. The van der Waals surface area contributed by atoms with Gasteiger partial charge in [-0.1, -0.05) is 164 Å². The summed E-state index contributed by atoms with van der Waals surface area (Å²) in [6, 6.07) is 68.0. The molecule has 0 aliphatic rings. The second-order valence-corrected chi connectivity index (χ2v) is 14.3. The van der Waals surface area contributed by atoms with Crippen LogP contribution in [0.5, 0.6) is 0 Å². The van der Waals surface area contributed by atoms with Crippen molar-refractivity contribution in [3.8, 4) is 62.2 Å². The van der Waals surface area contributed by atoms with E-state index in [2.05, 4.69) is 168 Å². The van der Waals surface area contributed by atoms with Crippen molar-refractivity contribution in [3.63, 3.8) is 0 Å². The summed E-state index contributed by atoms with van der Waals surface area (Å²) in [5, 5.41) is 7.11. The SMILES string of the molecule is c1ccc(-c2ccc3c4c5ccccc5c(-c5ccccc5)cc4n(-c4ccc(-c5nc(-c6ccccc6)nc(-c6ccc7ccccc7c6)n5)cn4)c3c2)cc1. The maximum absolute atomic E-state index is 5.19. The van der Waals surface area contributed by atoms with Gasteiger partial charge in [0.15, 0.2) is 17.5 Å². The molecule has 0 radical (unpaired) electrons. The normalized spacial score (nSPS) is 11.5. The topological polar surface area (TPSA) is 56.5 Å². The van der Waals surface area contributed by atoms with Crippen LogP contribution in [0.4, 0.5) is 0 Å². The molecule has 0 saturated heterocycles. The number of nitrogens with zero attached hydrogens (tertiary/aromatic N) is 5. The van der Waals surface area contributed by atoms with Crippen molar-refractivity contribution < 1.29 is 0 Å². The van der Waals surface area contributed by atoms with Gasteiger partial charge >= 0.3 is 0 Å². The molecule has 0 unspecified atom stereocenters. The van der Waals surface area contributed by atoms with Crippen LogP contribution in [0.15, 0.2) is 200 Å². The lowest BCUT2D eigenvalue weighted by Gasteiger charge is -2.12. The highest BCUT2D eigenvalue weighted by Crippen LogP contribution is 2.42. The van der Waals surface area contributed by atoms with E-state index in [0.29, 0.717) is 17.5 Å². The standard InChI is InChI=1S/C52H33N5/c1-4-14-34(15-5-1)39-26-28-44-46(31-39)57(47-32-45(36-17-6-2-7-18-36)42-22-12-13-23-43(42)49(44)47)48-29-27-41(33-53-48)52-55-50(37-19-8-3-9-20-37)54-51(56-52)40-25-24-35-16-10-11-21-38(35)30-40/h1-33H. The van der Waals surface area contributed by atoms with Crippen LogP contribution in [0.3, 0.4) is 0 Å². The summed E-state index contributed by atoms with van der Waals surface area (Å²) in [6.45, 7) is 0. The van der Waals surface area contributed by atoms with Gasteiger partial charge in [0.25, 0.3) is 0 Å². The zero-order valence-electron chi connectivity index (χ0n) is 30.8. The highest BCUT2D eigenvalue weighted by molar-refractivity contribution is 6.24. The smallest absolute Gasteiger partial charge is 0.165 e. The number of hydrogen-bond donors (Lipinski definition) is 0. The lowest BCUT2D eigenvalue weighted by atomic mass is 9.94. The zero-order valence-corrected chi connectivity index (χ0v) is 30.8. The Morgan fingerprint density at radius 2 is 0.912 bits per heavy atom. The van der Waals surface area contributed by atoms with Crippen LogP contribution in [0.2, 0.25) is 0 Å². The summed E-state index contributed by atoms with van der Waals surface area (Å²) in [5.41, 5.74) is 9.52. The van der Waals surface area contributed by atoms with Crippen molar-refractivity contribution in [2.24, 2.45) is 0 Å². The number of benzene rings is 8. The average molecular weight is 728 g/mol. The highest BCUT2D eigenvalue weighted by atomic mass is 15.1. The summed E-state index contributed by atoms with van der Waals surface area (Å²) in [7, 11) is 0. The maximum Gasteiger partial charge on any atom is 0.165 e. The maximum atomic E-state index is 5.19. The van der Waals surface area contributed by atoms with Crippen LogP contribution in [0, 0.1) is 0 Å². The van der Waals surface area contributed by atoms with Gasteiger partial charge in [0.1, 0.15) is 5.82 Å². The molecule has 57 heavy (non-hydrogen) atoms. The molecule has 0 aliphatic carbocycles. The van der Waals surface area contributed by atoms with E-state index in [-0.39, 0.29) is 0 Å².